The fourth-order valence-electron chi connectivity index (χ4n) is 2.97. The van der Waals surface area contributed by atoms with Crippen molar-refractivity contribution in [2.75, 3.05) is 26.7 Å². The van der Waals surface area contributed by atoms with Crippen molar-refractivity contribution in [1.29, 1.82) is 0 Å². The molecule has 1 saturated heterocycles. The number of carbonyl (C=O) groups is 1. The van der Waals surface area contributed by atoms with Gasteiger partial charge in [0.05, 0.1) is 13.2 Å². The van der Waals surface area contributed by atoms with Gasteiger partial charge in [0, 0.05) is 13.0 Å². The van der Waals surface area contributed by atoms with Crippen molar-refractivity contribution in [1.82, 2.24) is 10.2 Å². The lowest BCUT2D eigenvalue weighted by molar-refractivity contribution is -0.121. The molecule has 22 heavy (non-hydrogen) atoms. The second-order valence-electron chi connectivity index (χ2n) is 5.94. The molecule has 1 unspecified atom stereocenters. The normalized spacial score (nSPS) is 16.5. The van der Waals surface area contributed by atoms with Gasteiger partial charge in [-0.1, -0.05) is 25.5 Å². The zero-order valence-electron chi connectivity index (χ0n) is 13.8. The van der Waals surface area contributed by atoms with Crippen molar-refractivity contribution in [3.8, 4) is 5.75 Å². The highest BCUT2D eigenvalue weighted by molar-refractivity contribution is 5.75. The number of likely N-dealkylation sites (tertiary alicyclic amines) is 1. The lowest BCUT2D eigenvalue weighted by atomic mass is 10.0. The molecule has 0 spiro atoms. The maximum atomic E-state index is 11.9. The molecule has 1 aliphatic heterocycles. The molecule has 4 heteroatoms. The van der Waals surface area contributed by atoms with Crippen LogP contribution in [-0.2, 0) is 4.79 Å². The summed E-state index contributed by atoms with van der Waals surface area (Å²) in [5.74, 6) is 1.04. The number of amides is 1. The summed E-state index contributed by atoms with van der Waals surface area (Å²) in [6, 6.07) is 8.48. The molecular formula is C18H28N2O2. The third-order valence-electron chi connectivity index (χ3n) is 4.33. The average molecular weight is 304 g/mol. The van der Waals surface area contributed by atoms with E-state index in [2.05, 4.69) is 29.3 Å². The highest BCUT2D eigenvalue weighted by Crippen LogP contribution is 2.26. The van der Waals surface area contributed by atoms with Gasteiger partial charge in [-0.3, -0.25) is 9.69 Å². The predicted molar refractivity (Wildman–Crippen MR) is 89.1 cm³/mol. The van der Waals surface area contributed by atoms with Crippen molar-refractivity contribution in [3.05, 3.63) is 29.8 Å². The average Bonchev–Trinajstić information content (AvgIpc) is 3.08. The summed E-state index contributed by atoms with van der Waals surface area (Å²) in [6.45, 7) is 5.02. The number of ether oxygens (including phenoxy) is 1. The van der Waals surface area contributed by atoms with Crippen LogP contribution in [0.15, 0.2) is 24.3 Å². The van der Waals surface area contributed by atoms with Crippen molar-refractivity contribution in [3.63, 3.8) is 0 Å². The van der Waals surface area contributed by atoms with Crippen LogP contribution in [0.25, 0.3) is 0 Å². The van der Waals surface area contributed by atoms with Gasteiger partial charge in [0.25, 0.3) is 0 Å². The van der Waals surface area contributed by atoms with Gasteiger partial charge < -0.3 is 10.1 Å². The Hall–Kier alpha value is -1.55. The molecule has 1 aliphatic rings. The van der Waals surface area contributed by atoms with Gasteiger partial charge >= 0.3 is 0 Å². The largest absolute Gasteiger partial charge is 0.497 e. The zero-order valence-corrected chi connectivity index (χ0v) is 13.8. The predicted octanol–water partition coefficient (Wildman–Crippen LogP) is 3.14. The molecule has 122 valence electrons. The molecule has 1 aromatic carbocycles. The number of methoxy groups -OCH3 is 1. The lowest BCUT2D eigenvalue weighted by Crippen LogP contribution is -2.36. The van der Waals surface area contributed by atoms with Crippen LogP contribution in [-0.4, -0.2) is 37.6 Å². The molecule has 2 rings (SSSR count). The quantitative estimate of drug-likeness (QED) is 0.802. The van der Waals surface area contributed by atoms with Crippen LogP contribution in [0.1, 0.15) is 50.6 Å². The fraction of sp³-hybridized carbons (Fsp3) is 0.611. The van der Waals surface area contributed by atoms with Gasteiger partial charge in [-0.05, 0) is 50.0 Å². The molecular weight excluding hydrogens is 276 g/mol. The van der Waals surface area contributed by atoms with E-state index in [1.165, 1.54) is 18.4 Å². The molecule has 1 fully saturated rings. The second kappa shape index (κ2) is 8.79. The third kappa shape index (κ3) is 4.73. The molecule has 1 heterocycles. The number of hydrogen-bond acceptors (Lipinski definition) is 3. The number of nitrogens with one attached hydrogen (secondary N) is 1. The van der Waals surface area contributed by atoms with E-state index in [-0.39, 0.29) is 11.9 Å². The summed E-state index contributed by atoms with van der Waals surface area (Å²) in [5.41, 5.74) is 1.25. The Morgan fingerprint density at radius 1 is 1.27 bits per heavy atom. The number of unbranched alkanes of at least 4 members (excludes halogenated alkanes) is 1. The molecule has 0 radical (unpaired) electrons. The van der Waals surface area contributed by atoms with Crippen molar-refractivity contribution in [2.45, 2.75) is 45.1 Å². The van der Waals surface area contributed by atoms with Crippen LogP contribution >= 0.6 is 0 Å². The van der Waals surface area contributed by atoms with Gasteiger partial charge in [0.2, 0.25) is 5.91 Å². The topological polar surface area (TPSA) is 41.6 Å². The third-order valence-corrected chi connectivity index (χ3v) is 4.33. The number of rotatable bonds is 8. The highest BCUT2D eigenvalue weighted by Gasteiger charge is 2.23. The van der Waals surface area contributed by atoms with Crippen LogP contribution in [0, 0.1) is 0 Å². The summed E-state index contributed by atoms with van der Waals surface area (Å²) < 4.78 is 5.23. The van der Waals surface area contributed by atoms with E-state index in [1.54, 1.807) is 7.11 Å². The number of hydrogen-bond donors (Lipinski definition) is 1. The molecule has 1 N–H and O–H groups in total. The van der Waals surface area contributed by atoms with E-state index >= 15 is 0 Å². The molecule has 1 amide bonds. The summed E-state index contributed by atoms with van der Waals surface area (Å²) in [4.78, 5) is 14.4. The first-order valence-corrected chi connectivity index (χ1v) is 8.39. The van der Waals surface area contributed by atoms with Crippen LogP contribution in [0.3, 0.4) is 0 Å². The maximum absolute atomic E-state index is 11.9. The van der Waals surface area contributed by atoms with Crippen molar-refractivity contribution >= 4 is 5.91 Å². The van der Waals surface area contributed by atoms with E-state index in [0.29, 0.717) is 13.0 Å². The Kier molecular flexibility index (Phi) is 6.72. The van der Waals surface area contributed by atoms with Gasteiger partial charge in [-0.15, -0.1) is 0 Å². The summed E-state index contributed by atoms with van der Waals surface area (Å²) in [5, 5.41) is 3.11. The van der Waals surface area contributed by atoms with Gasteiger partial charge in [-0.25, -0.2) is 0 Å². The number of nitrogens with zero attached hydrogens (tertiary/aromatic N) is 1. The van der Waals surface area contributed by atoms with E-state index in [4.69, 9.17) is 4.74 Å². The standard InChI is InChI=1S/C18H28N2O2/c1-3-4-7-18(21)19-14-17(20-12-5-6-13-20)15-8-10-16(22-2)11-9-15/h8-11,17H,3-7,12-14H2,1-2H3,(H,19,21). The first kappa shape index (κ1) is 16.8. The SMILES string of the molecule is CCCCC(=O)NCC(c1ccc(OC)cc1)N1CCCC1. The summed E-state index contributed by atoms with van der Waals surface area (Å²) >= 11 is 0. The fourth-order valence-corrected chi connectivity index (χ4v) is 2.97. The molecule has 0 saturated carbocycles. The molecule has 0 bridgehead atoms. The van der Waals surface area contributed by atoms with Crippen molar-refractivity contribution in [2.24, 2.45) is 0 Å². The summed E-state index contributed by atoms with van der Waals surface area (Å²) in [6.07, 6.45) is 5.14. The van der Waals surface area contributed by atoms with Crippen LogP contribution in [0.5, 0.6) is 5.75 Å². The minimum atomic E-state index is 0.166. The second-order valence-corrected chi connectivity index (χ2v) is 5.94. The smallest absolute Gasteiger partial charge is 0.220 e. The zero-order chi connectivity index (χ0) is 15.8. The molecule has 1 aromatic rings. The highest BCUT2D eigenvalue weighted by atomic mass is 16.5. The Bertz CT molecular complexity index is 453. The molecule has 0 aliphatic carbocycles. The minimum Gasteiger partial charge on any atom is -0.497 e. The molecule has 4 nitrogen and oxygen atoms in total. The van der Waals surface area contributed by atoms with Gasteiger partial charge in [0.1, 0.15) is 5.75 Å². The Morgan fingerprint density at radius 3 is 2.55 bits per heavy atom. The minimum absolute atomic E-state index is 0.166. The molecule has 1 atom stereocenters. The Labute approximate surface area is 133 Å². The monoisotopic (exact) mass is 304 g/mol. The van der Waals surface area contributed by atoms with Crippen LogP contribution in [0.2, 0.25) is 0 Å². The van der Waals surface area contributed by atoms with Crippen LogP contribution in [0.4, 0.5) is 0 Å². The van der Waals surface area contributed by atoms with Gasteiger partial charge in [0.15, 0.2) is 0 Å². The van der Waals surface area contributed by atoms with E-state index in [1.807, 2.05) is 12.1 Å². The van der Waals surface area contributed by atoms with E-state index < -0.39 is 0 Å². The lowest BCUT2D eigenvalue weighted by Gasteiger charge is -2.28. The summed E-state index contributed by atoms with van der Waals surface area (Å²) in [7, 11) is 1.68. The van der Waals surface area contributed by atoms with E-state index in [9.17, 15) is 4.79 Å². The first-order valence-electron chi connectivity index (χ1n) is 8.39. The van der Waals surface area contributed by atoms with Gasteiger partial charge in [-0.2, -0.15) is 0 Å². The van der Waals surface area contributed by atoms with Crippen molar-refractivity contribution < 1.29 is 9.53 Å². The maximum Gasteiger partial charge on any atom is 0.220 e. The number of carbonyl (C=O) groups excluding carboxylic acids is 1. The molecule has 0 aromatic heterocycles. The number of benzene rings is 1. The Balaban J connectivity index is 2.00. The first-order chi connectivity index (χ1) is 10.7. The van der Waals surface area contributed by atoms with E-state index in [0.717, 1.165) is 31.7 Å². The Morgan fingerprint density at radius 2 is 1.95 bits per heavy atom. The van der Waals surface area contributed by atoms with Crippen LogP contribution < -0.4 is 10.1 Å².